The summed E-state index contributed by atoms with van der Waals surface area (Å²) < 4.78 is 0. The van der Waals surface area contributed by atoms with Crippen LogP contribution in [0.2, 0.25) is 16.6 Å². The van der Waals surface area contributed by atoms with Gasteiger partial charge in [0.25, 0.3) is 0 Å². The molecule has 0 saturated carbocycles. The van der Waals surface area contributed by atoms with Crippen molar-refractivity contribution < 1.29 is 19.6 Å². The molecule has 20 heavy (non-hydrogen) atoms. The van der Waals surface area contributed by atoms with Gasteiger partial charge in [0.1, 0.15) is 13.5 Å². The zero-order valence-corrected chi connectivity index (χ0v) is 20.6. The van der Waals surface area contributed by atoms with Crippen LogP contribution in [0.15, 0.2) is 0 Å². The van der Waals surface area contributed by atoms with Crippen LogP contribution in [0, 0.1) is 6.92 Å². The summed E-state index contributed by atoms with van der Waals surface area (Å²) in [5.41, 5.74) is 1.66. The molecule has 0 heterocycles. The Morgan fingerprint density at radius 2 is 1.35 bits per heavy atom. The SMILES string of the molecule is [CH2-]CCCCCC(=O)[Si](C(C)C)(C(C)C)C(C)C.[Zn+][I]. The Balaban J connectivity index is 0. The first-order chi connectivity index (χ1) is 9.31. The van der Waals surface area contributed by atoms with Crippen LogP contribution in [0.5, 0.6) is 0 Å². The summed E-state index contributed by atoms with van der Waals surface area (Å²) in [6.07, 6.45) is 5.19. The maximum absolute atomic E-state index is 12.8. The van der Waals surface area contributed by atoms with Crippen LogP contribution < -0.4 is 0 Å². The normalized spacial score (nSPS) is 11.8. The van der Waals surface area contributed by atoms with Crippen molar-refractivity contribution >= 4 is 33.2 Å². The van der Waals surface area contributed by atoms with Crippen molar-refractivity contribution in [2.24, 2.45) is 0 Å². The molecule has 0 aliphatic carbocycles. The van der Waals surface area contributed by atoms with Gasteiger partial charge in [0.15, 0.2) is 0 Å². The van der Waals surface area contributed by atoms with E-state index in [0.29, 0.717) is 22.0 Å². The average Bonchev–Trinajstić information content (AvgIpc) is 2.36. The van der Waals surface area contributed by atoms with Gasteiger partial charge in [0, 0.05) is 6.42 Å². The van der Waals surface area contributed by atoms with E-state index in [9.17, 15) is 4.79 Å². The Morgan fingerprint density at radius 3 is 1.65 bits per heavy atom. The molecular weight excluding hydrogens is 429 g/mol. The molecule has 0 bridgehead atoms. The summed E-state index contributed by atoms with van der Waals surface area (Å²) in [4.78, 5) is 12.8. The Bertz CT molecular complexity index is 233. The first kappa shape index (κ1) is 23.5. The minimum absolute atomic E-state index is 0.554. The van der Waals surface area contributed by atoms with E-state index in [1.807, 2.05) is 0 Å². The summed E-state index contributed by atoms with van der Waals surface area (Å²) in [7, 11) is -1.85. The van der Waals surface area contributed by atoms with Crippen molar-refractivity contribution in [1.82, 2.24) is 0 Å². The van der Waals surface area contributed by atoms with Crippen molar-refractivity contribution in [3.8, 4) is 0 Å². The van der Waals surface area contributed by atoms with E-state index < -0.39 is 8.07 Å². The molecule has 0 aromatic rings. The Labute approximate surface area is 149 Å². The number of halogens is 1. The first-order valence-corrected chi connectivity index (χ1v) is 19.2. The molecule has 0 rings (SSSR count). The summed E-state index contributed by atoms with van der Waals surface area (Å²) in [6, 6.07) is 0. The van der Waals surface area contributed by atoms with Gasteiger partial charge in [-0.05, 0) is 23.0 Å². The van der Waals surface area contributed by atoms with Crippen molar-refractivity contribution in [2.75, 3.05) is 0 Å². The van der Waals surface area contributed by atoms with Gasteiger partial charge in [-0.3, -0.25) is 0 Å². The van der Waals surface area contributed by atoms with Crippen molar-refractivity contribution in [3.05, 3.63) is 6.92 Å². The molecule has 0 spiro atoms. The van der Waals surface area contributed by atoms with Crippen molar-refractivity contribution in [1.29, 1.82) is 0 Å². The topological polar surface area (TPSA) is 17.1 Å². The Kier molecular flexibility index (Phi) is 15.0. The molecule has 1 nitrogen and oxygen atoms in total. The van der Waals surface area contributed by atoms with E-state index >= 15 is 0 Å². The second-order valence-corrected chi connectivity index (χ2v) is 12.4. The number of carbonyl (C=O) groups is 1. The molecule has 0 saturated heterocycles. The fourth-order valence-corrected chi connectivity index (χ4v) is 10.4. The van der Waals surface area contributed by atoms with Gasteiger partial charge in [-0.1, -0.05) is 54.4 Å². The molecule has 0 atom stereocenters. The van der Waals surface area contributed by atoms with E-state index in [4.69, 9.17) is 0 Å². The fourth-order valence-electron chi connectivity index (χ4n) is 3.82. The van der Waals surface area contributed by atoms with Gasteiger partial charge in [0.2, 0.25) is 0 Å². The van der Waals surface area contributed by atoms with Crippen LogP contribution in [-0.2, 0) is 19.6 Å². The zero-order valence-electron chi connectivity index (χ0n) is 14.5. The molecule has 0 N–H and O–H groups in total. The molecule has 0 aromatic heterocycles. The van der Waals surface area contributed by atoms with Crippen molar-refractivity contribution in [3.63, 3.8) is 0 Å². The number of carbonyl (C=O) groups excluding carboxylic acids is 1. The minimum atomic E-state index is -1.85. The number of hydrogen-bond donors (Lipinski definition) is 0. The van der Waals surface area contributed by atoms with E-state index in [0.717, 1.165) is 32.1 Å². The van der Waals surface area contributed by atoms with Gasteiger partial charge < -0.3 is 11.7 Å². The third-order valence-electron chi connectivity index (χ3n) is 4.50. The molecule has 0 unspecified atom stereocenters. The van der Waals surface area contributed by atoms with Crippen LogP contribution in [0.3, 0.4) is 0 Å². The van der Waals surface area contributed by atoms with E-state index in [-0.39, 0.29) is 0 Å². The molecule has 116 valence electrons. The molecule has 0 aliphatic rings. The maximum atomic E-state index is 12.8. The third-order valence-corrected chi connectivity index (χ3v) is 11.5. The van der Waals surface area contributed by atoms with Crippen LogP contribution in [0.1, 0.15) is 73.6 Å². The van der Waals surface area contributed by atoms with Crippen LogP contribution in [0.4, 0.5) is 0 Å². The number of rotatable bonds is 9. The predicted octanol–water partition coefficient (Wildman–Crippen LogP) is 6.44. The average molecular weight is 462 g/mol. The number of unbranched alkanes of at least 4 members (excludes halogenated alkanes) is 3. The molecular formula is C16H33IOSiZn. The zero-order chi connectivity index (χ0) is 16.3. The second-order valence-electron chi connectivity index (χ2n) is 6.48. The molecule has 0 aromatic carbocycles. The third kappa shape index (κ3) is 6.56. The monoisotopic (exact) mass is 460 g/mol. The molecule has 0 aliphatic heterocycles. The summed E-state index contributed by atoms with van der Waals surface area (Å²) in [6.45, 7) is 17.4. The quantitative estimate of drug-likeness (QED) is 0.167. The van der Waals surface area contributed by atoms with Crippen LogP contribution in [-0.4, -0.2) is 13.5 Å². The first-order valence-electron chi connectivity index (χ1n) is 7.91. The second kappa shape index (κ2) is 12.8. The van der Waals surface area contributed by atoms with E-state index in [1.165, 1.54) is 14.8 Å². The standard InChI is InChI=1S/C16H33OSi.HI.Zn/c1-8-9-10-11-12-16(17)18(13(2)3,14(4)5)15(6)7;;/h13-15H,1,8-12H2,2-7H3;1H;/q-1;;+2/p-1. The van der Waals surface area contributed by atoms with Crippen LogP contribution in [0.25, 0.3) is 0 Å². The van der Waals surface area contributed by atoms with Crippen LogP contribution >= 0.6 is 19.8 Å². The fraction of sp³-hybridized carbons (Fsp3) is 0.875. The Hall–Kier alpha value is 1.24. The van der Waals surface area contributed by atoms with Gasteiger partial charge >= 0.3 is 34.5 Å². The Morgan fingerprint density at radius 1 is 0.950 bits per heavy atom. The van der Waals surface area contributed by atoms with Crippen molar-refractivity contribution in [2.45, 2.75) is 90.3 Å². The van der Waals surface area contributed by atoms with Gasteiger partial charge in [0.05, 0.1) is 0 Å². The molecule has 0 radical (unpaired) electrons. The summed E-state index contributed by atoms with van der Waals surface area (Å²) in [5, 5.41) is 0.617. The number of hydrogen-bond acceptors (Lipinski definition) is 1. The van der Waals surface area contributed by atoms with Gasteiger partial charge in [-0.2, -0.15) is 6.42 Å². The molecule has 4 heteroatoms. The summed E-state index contributed by atoms with van der Waals surface area (Å²) in [5.74, 6) is 0. The predicted molar refractivity (Wildman–Crippen MR) is 98.5 cm³/mol. The van der Waals surface area contributed by atoms with Gasteiger partial charge in [-0.25, -0.2) is 0 Å². The molecule has 0 amide bonds. The van der Waals surface area contributed by atoms with Gasteiger partial charge in [-0.15, -0.1) is 0 Å². The van der Waals surface area contributed by atoms with E-state index in [1.54, 1.807) is 0 Å². The summed E-state index contributed by atoms with van der Waals surface area (Å²) >= 11 is 3.62. The van der Waals surface area contributed by atoms with E-state index in [2.05, 4.69) is 68.2 Å². The molecule has 0 fully saturated rings.